The van der Waals surface area contributed by atoms with E-state index < -0.39 is 5.97 Å². The molecule has 25 heavy (non-hydrogen) atoms. The lowest BCUT2D eigenvalue weighted by Gasteiger charge is -2.35. The molecule has 0 N–H and O–H groups in total. The predicted octanol–water partition coefficient (Wildman–Crippen LogP) is 2.68. The predicted molar refractivity (Wildman–Crippen MR) is 92.0 cm³/mol. The molecule has 2 aliphatic heterocycles. The van der Waals surface area contributed by atoms with Crippen LogP contribution in [0, 0.1) is 0 Å². The van der Waals surface area contributed by atoms with Gasteiger partial charge in [0.05, 0.1) is 25.3 Å². The minimum atomic E-state index is -0.428. The van der Waals surface area contributed by atoms with Crippen molar-refractivity contribution in [3.05, 3.63) is 40.3 Å². The van der Waals surface area contributed by atoms with Crippen molar-refractivity contribution in [3.63, 3.8) is 0 Å². The number of hydrogen-bond acceptors (Lipinski definition) is 5. The van der Waals surface area contributed by atoms with Gasteiger partial charge in [-0.15, -0.1) is 0 Å². The number of allylic oxidation sites excluding steroid dienone is 1. The second-order valence-corrected chi connectivity index (χ2v) is 6.69. The molecule has 2 aliphatic rings. The summed E-state index contributed by atoms with van der Waals surface area (Å²) in [7, 11) is 1.35. The molecular weight excluding hydrogens is 344 g/mol. The van der Waals surface area contributed by atoms with Crippen molar-refractivity contribution in [3.8, 4) is 0 Å². The van der Waals surface area contributed by atoms with Gasteiger partial charge in [-0.1, -0.05) is 17.7 Å². The maximum atomic E-state index is 12.7. The molecule has 0 aromatic carbocycles. The van der Waals surface area contributed by atoms with E-state index in [1.807, 2.05) is 0 Å². The second kappa shape index (κ2) is 7.54. The van der Waals surface area contributed by atoms with Gasteiger partial charge in [-0.3, -0.25) is 4.79 Å². The van der Waals surface area contributed by atoms with Crippen LogP contribution in [0.3, 0.4) is 0 Å². The van der Waals surface area contributed by atoms with Gasteiger partial charge in [0, 0.05) is 30.8 Å². The Hall–Kier alpha value is -1.92. The third kappa shape index (κ3) is 3.70. The van der Waals surface area contributed by atoms with E-state index in [0.29, 0.717) is 23.0 Å². The van der Waals surface area contributed by atoms with E-state index in [1.165, 1.54) is 7.11 Å². The molecule has 0 unspecified atom stereocenters. The first-order chi connectivity index (χ1) is 12.0. The molecule has 1 amide bonds. The van der Waals surface area contributed by atoms with Crippen molar-refractivity contribution < 1.29 is 19.1 Å². The molecule has 0 aliphatic carbocycles. The number of hydrogen-bond donors (Lipinski definition) is 0. The van der Waals surface area contributed by atoms with Crippen LogP contribution in [0.2, 0.25) is 5.15 Å². The molecule has 7 heteroatoms. The van der Waals surface area contributed by atoms with Crippen LogP contribution in [-0.2, 0) is 19.1 Å². The monoisotopic (exact) mass is 364 g/mol. The molecule has 3 heterocycles. The Kier molecular flexibility index (Phi) is 5.39. The number of rotatable bonds is 4. The Morgan fingerprint density at radius 2 is 2.28 bits per heavy atom. The molecule has 1 saturated heterocycles. The lowest BCUT2D eigenvalue weighted by molar-refractivity contribution is -0.138. The van der Waals surface area contributed by atoms with E-state index in [-0.39, 0.29) is 24.3 Å². The van der Waals surface area contributed by atoms with E-state index in [2.05, 4.69) is 4.98 Å². The molecule has 0 spiro atoms. The molecule has 134 valence electrons. The molecule has 6 nitrogen and oxygen atoms in total. The Balaban J connectivity index is 1.96. The number of ether oxygens (including phenoxy) is 2. The summed E-state index contributed by atoms with van der Waals surface area (Å²) in [5.41, 5.74) is 1.89. The Morgan fingerprint density at radius 1 is 1.48 bits per heavy atom. The fourth-order valence-electron chi connectivity index (χ4n) is 3.48. The van der Waals surface area contributed by atoms with Crippen LogP contribution in [0.15, 0.2) is 29.6 Å². The second-order valence-electron chi connectivity index (χ2n) is 6.30. The van der Waals surface area contributed by atoms with E-state index in [0.717, 1.165) is 25.0 Å². The summed E-state index contributed by atoms with van der Waals surface area (Å²) in [6.07, 6.45) is 3.74. The highest BCUT2D eigenvalue weighted by Gasteiger charge is 2.38. The highest BCUT2D eigenvalue weighted by atomic mass is 35.5. The summed E-state index contributed by atoms with van der Waals surface area (Å²) in [6.45, 7) is 2.98. The molecular formula is C18H21ClN2O4. The molecule has 1 fully saturated rings. The largest absolute Gasteiger partial charge is 0.466 e. The van der Waals surface area contributed by atoms with Crippen LogP contribution in [0.5, 0.6) is 0 Å². The third-order valence-corrected chi connectivity index (χ3v) is 5.01. The van der Waals surface area contributed by atoms with Crippen molar-refractivity contribution in [2.24, 2.45) is 0 Å². The summed E-state index contributed by atoms with van der Waals surface area (Å²) < 4.78 is 10.6. The van der Waals surface area contributed by atoms with Crippen molar-refractivity contribution in [1.29, 1.82) is 0 Å². The SMILES string of the molecule is COC(=O)C1=C(C)N(C[C@@H]2CCCO2)C(=O)C[C@@H]1c1ccc(Cl)nc1. The molecule has 2 atom stereocenters. The quantitative estimate of drug-likeness (QED) is 0.607. The summed E-state index contributed by atoms with van der Waals surface area (Å²) in [6, 6.07) is 3.45. The Labute approximate surface area is 151 Å². The average molecular weight is 365 g/mol. The summed E-state index contributed by atoms with van der Waals surface area (Å²) >= 11 is 5.85. The summed E-state index contributed by atoms with van der Waals surface area (Å²) in [5, 5.41) is 0.367. The van der Waals surface area contributed by atoms with Gasteiger partial charge < -0.3 is 14.4 Å². The fourth-order valence-corrected chi connectivity index (χ4v) is 3.59. The maximum Gasteiger partial charge on any atom is 0.336 e. The van der Waals surface area contributed by atoms with Crippen molar-refractivity contribution in [1.82, 2.24) is 9.88 Å². The van der Waals surface area contributed by atoms with Gasteiger partial charge in [-0.25, -0.2) is 9.78 Å². The third-order valence-electron chi connectivity index (χ3n) is 4.79. The minimum absolute atomic E-state index is 0.0199. The smallest absolute Gasteiger partial charge is 0.336 e. The Morgan fingerprint density at radius 3 is 2.88 bits per heavy atom. The fraction of sp³-hybridized carbons (Fsp3) is 0.500. The minimum Gasteiger partial charge on any atom is -0.466 e. The molecule has 3 rings (SSSR count). The number of aromatic nitrogens is 1. The first kappa shape index (κ1) is 17.9. The number of carbonyl (C=O) groups excluding carboxylic acids is 2. The van der Waals surface area contributed by atoms with Crippen LogP contribution >= 0.6 is 11.6 Å². The van der Waals surface area contributed by atoms with E-state index in [9.17, 15) is 9.59 Å². The standard InChI is InChI=1S/C18H21ClN2O4/c1-11-17(18(23)24-2)14(12-5-6-15(19)20-9-12)8-16(22)21(11)10-13-4-3-7-25-13/h5-6,9,13-14H,3-4,7-8,10H2,1-2H3/t13-,14+/m0/s1. The van der Waals surface area contributed by atoms with E-state index in [1.54, 1.807) is 30.2 Å². The molecule has 0 bridgehead atoms. The normalized spacial score (nSPS) is 24.0. The van der Waals surface area contributed by atoms with Gasteiger partial charge in [0.15, 0.2) is 0 Å². The van der Waals surface area contributed by atoms with Crippen molar-refractivity contribution >= 4 is 23.5 Å². The number of esters is 1. The van der Waals surface area contributed by atoms with Crippen LogP contribution < -0.4 is 0 Å². The van der Waals surface area contributed by atoms with Gasteiger partial charge in [0.1, 0.15) is 5.15 Å². The lowest BCUT2D eigenvalue weighted by atomic mass is 9.84. The number of amides is 1. The van der Waals surface area contributed by atoms with Gasteiger partial charge >= 0.3 is 5.97 Å². The van der Waals surface area contributed by atoms with Crippen molar-refractivity contribution in [2.45, 2.75) is 38.2 Å². The number of carbonyl (C=O) groups is 2. The average Bonchev–Trinajstić information content (AvgIpc) is 3.11. The zero-order valence-corrected chi connectivity index (χ0v) is 15.1. The zero-order chi connectivity index (χ0) is 18.0. The maximum absolute atomic E-state index is 12.7. The van der Waals surface area contributed by atoms with Crippen LogP contribution in [-0.4, -0.2) is 48.1 Å². The first-order valence-corrected chi connectivity index (χ1v) is 8.71. The summed E-state index contributed by atoms with van der Waals surface area (Å²) in [4.78, 5) is 30.9. The Bertz CT molecular complexity index is 696. The highest BCUT2D eigenvalue weighted by molar-refractivity contribution is 6.29. The summed E-state index contributed by atoms with van der Waals surface area (Å²) in [5.74, 6) is -0.839. The number of halogens is 1. The van der Waals surface area contributed by atoms with Crippen molar-refractivity contribution in [2.75, 3.05) is 20.3 Å². The molecule has 0 saturated carbocycles. The number of pyridine rings is 1. The van der Waals surface area contributed by atoms with E-state index in [4.69, 9.17) is 21.1 Å². The highest BCUT2D eigenvalue weighted by Crippen LogP contribution is 2.37. The zero-order valence-electron chi connectivity index (χ0n) is 14.3. The topological polar surface area (TPSA) is 68.7 Å². The first-order valence-electron chi connectivity index (χ1n) is 8.33. The molecule has 1 aromatic rings. The van der Waals surface area contributed by atoms with Crippen LogP contribution in [0.4, 0.5) is 0 Å². The van der Waals surface area contributed by atoms with E-state index >= 15 is 0 Å². The van der Waals surface area contributed by atoms with Crippen LogP contribution in [0.1, 0.15) is 37.7 Å². The number of methoxy groups -OCH3 is 1. The van der Waals surface area contributed by atoms with Gasteiger partial charge in [-0.2, -0.15) is 0 Å². The van der Waals surface area contributed by atoms with Crippen LogP contribution in [0.25, 0.3) is 0 Å². The lowest BCUT2D eigenvalue weighted by Crippen LogP contribution is -2.42. The van der Waals surface area contributed by atoms with Gasteiger partial charge in [-0.05, 0) is 31.4 Å². The van der Waals surface area contributed by atoms with Gasteiger partial charge in [0.2, 0.25) is 5.91 Å². The molecule has 0 radical (unpaired) electrons. The molecule has 1 aromatic heterocycles. The van der Waals surface area contributed by atoms with Gasteiger partial charge in [0.25, 0.3) is 0 Å². The number of nitrogens with zero attached hydrogens (tertiary/aromatic N) is 2.